The van der Waals surface area contributed by atoms with Crippen molar-refractivity contribution >= 4 is 0 Å². The van der Waals surface area contributed by atoms with Crippen molar-refractivity contribution in [3.8, 4) is 0 Å². The number of rotatable bonds is 5. The highest BCUT2D eigenvalue weighted by molar-refractivity contribution is 4.86. The van der Waals surface area contributed by atoms with Crippen molar-refractivity contribution < 1.29 is 9.78 Å². The molecule has 0 aromatic rings. The Kier molecular flexibility index (Phi) is 5.57. The molecule has 0 bridgehead atoms. The highest BCUT2D eigenvalue weighted by Gasteiger charge is 1.85. The molecule has 0 radical (unpaired) electrons. The molecule has 0 N–H and O–H groups in total. The molecular formula is C7H14O2. The molecule has 0 aromatic heterocycles. The number of hydrogen-bond acceptors (Lipinski definition) is 2. The first kappa shape index (κ1) is 8.66. The maximum absolute atomic E-state index is 4.74. The molecule has 54 valence electrons. The first-order valence-electron chi connectivity index (χ1n) is 3.16. The standard InChI is InChI=1S/C7H14O2/c1-4-5-8-9-6-7(2)3/h2,4-6H2,1,3H3. The Hall–Kier alpha value is -0.340. The van der Waals surface area contributed by atoms with E-state index in [0.29, 0.717) is 13.2 Å². The number of hydrogen-bond donors (Lipinski definition) is 0. The van der Waals surface area contributed by atoms with Crippen LogP contribution in [-0.4, -0.2) is 13.2 Å². The van der Waals surface area contributed by atoms with Crippen molar-refractivity contribution in [2.24, 2.45) is 0 Å². The molecule has 0 rings (SSSR count). The highest BCUT2D eigenvalue weighted by Crippen LogP contribution is 1.89. The van der Waals surface area contributed by atoms with E-state index >= 15 is 0 Å². The van der Waals surface area contributed by atoms with Gasteiger partial charge >= 0.3 is 0 Å². The zero-order chi connectivity index (χ0) is 7.11. The van der Waals surface area contributed by atoms with Gasteiger partial charge in [0.15, 0.2) is 0 Å². The second-order valence-corrected chi connectivity index (χ2v) is 2.04. The minimum Gasteiger partial charge on any atom is -0.236 e. The molecule has 0 aliphatic carbocycles. The maximum atomic E-state index is 4.74. The molecule has 0 heterocycles. The van der Waals surface area contributed by atoms with Gasteiger partial charge in [0, 0.05) is 0 Å². The van der Waals surface area contributed by atoms with Crippen LogP contribution in [0, 0.1) is 0 Å². The van der Waals surface area contributed by atoms with Crippen LogP contribution in [-0.2, 0) is 9.78 Å². The summed E-state index contributed by atoms with van der Waals surface area (Å²) in [6.45, 7) is 8.74. The third-order valence-corrected chi connectivity index (χ3v) is 0.676. The molecule has 0 atom stereocenters. The van der Waals surface area contributed by atoms with Crippen molar-refractivity contribution in [1.82, 2.24) is 0 Å². The van der Waals surface area contributed by atoms with Crippen molar-refractivity contribution in [3.63, 3.8) is 0 Å². The van der Waals surface area contributed by atoms with Crippen LogP contribution in [0.4, 0.5) is 0 Å². The third-order valence-electron chi connectivity index (χ3n) is 0.676. The SMILES string of the molecule is C=C(C)COOCCC. The van der Waals surface area contributed by atoms with E-state index in [9.17, 15) is 0 Å². The van der Waals surface area contributed by atoms with Gasteiger partial charge < -0.3 is 0 Å². The van der Waals surface area contributed by atoms with Crippen molar-refractivity contribution in [3.05, 3.63) is 12.2 Å². The van der Waals surface area contributed by atoms with Gasteiger partial charge in [0.25, 0.3) is 0 Å². The summed E-state index contributed by atoms with van der Waals surface area (Å²) >= 11 is 0. The van der Waals surface area contributed by atoms with Crippen LogP contribution in [0.25, 0.3) is 0 Å². The molecule has 0 aromatic carbocycles. The first-order valence-corrected chi connectivity index (χ1v) is 3.16. The lowest BCUT2D eigenvalue weighted by Crippen LogP contribution is -1.97. The summed E-state index contributed by atoms with van der Waals surface area (Å²) in [6, 6.07) is 0. The monoisotopic (exact) mass is 130 g/mol. The minimum absolute atomic E-state index is 0.500. The van der Waals surface area contributed by atoms with E-state index in [0.717, 1.165) is 12.0 Å². The summed E-state index contributed by atoms with van der Waals surface area (Å²) in [5, 5.41) is 0. The van der Waals surface area contributed by atoms with E-state index in [2.05, 4.69) is 6.58 Å². The van der Waals surface area contributed by atoms with E-state index in [-0.39, 0.29) is 0 Å². The summed E-state index contributed by atoms with van der Waals surface area (Å²) in [4.78, 5) is 9.47. The molecular weight excluding hydrogens is 116 g/mol. The van der Waals surface area contributed by atoms with Gasteiger partial charge in [-0.05, 0) is 13.3 Å². The summed E-state index contributed by atoms with van der Waals surface area (Å²) in [6.07, 6.45) is 0.982. The third kappa shape index (κ3) is 7.66. The summed E-state index contributed by atoms with van der Waals surface area (Å²) < 4.78 is 0. The molecule has 2 nitrogen and oxygen atoms in total. The van der Waals surface area contributed by atoms with Crippen molar-refractivity contribution in [2.75, 3.05) is 13.2 Å². The molecule has 9 heavy (non-hydrogen) atoms. The van der Waals surface area contributed by atoms with E-state index < -0.39 is 0 Å². The molecule has 0 amide bonds. The smallest absolute Gasteiger partial charge is 0.103 e. The van der Waals surface area contributed by atoms with Gasteiger partial charge in [-0.25, -0.2) is 9.78 Å². The van der Waals surface area contributed by atoms with Crippen LogP contribution >= 0.6 is 0 Å². The van der Waals surface area contributed by atoms with Gasteiger partial charge in [0.2, 0.25) is 0 Å². The van der Waals surface area contributed by atoms with E-state index in [1.54, 1.807) is 0 Å². The lowest BCUT2D eigenvalue weighted by molar-refractivity contribution is -0.287. The average molecular weight is 130 g/mol. The fourth-order valence-corrected chi connectivity index (χ4v) is 0.285. The predicted molar refractivity (Wildman–Crippen MR) is 37.0 cm³/mol. The Balaban J connectivity index is 2.83. The molecule has 0 saturated heterocycles. The molecule has 0 saturated carbocycles. The average Bonchev–Trinajstić information content (AvgIpc) is 1.80. The van der Waals surface area contributed by atoms with Gasteiger partial charge in [0.1, 0.15) is 6.61 Å². The quantitative estimate of drug-likeness (QED) is 0.245. The van der Waals surface area contributed by atoms with Crippen LogP contribution in [0.1, 0.15) is 20.3 Å². The summed E-state index contributed by atoms with van der Waals surface area (Å²) in [7, 11) is 0. The van der Waals surface area contributed by atoms with Crippen molar-refractivity contribution in [1.29, 1.82) is 0 Å². The zero-order valence-corrected chi connectivity index (χ0v) is 6.14. The first-order chi connectivity index (χ1) is 4.27. The largest absolute Gasteiger partial charge is 0.236 e. The van der Waals surface area contributed by atoms with Gasteiger partial charge in [0.05, 0.1) is 6.61 Å². The molecule has 0 unspecified atom stereocenters. The summed E-state index contributed by atoms with van der Waals surface area (Å²) in [5.74, 6) is 0. The second-order valence-electron chi connectivity index (χ2n) is 2.04. The normalized spacial score (nSPS) is 9.56. The van der Waals surface area contributed by atoms with Crippen LogP contribution in [0.2, 0.25) is 0 Å². The van der Waals surface area contributed by atoms with Crippen LogP contribution < -0.4 is 0 Å². The molecule has 0 aliphatic rings. The van der Waals surface area contributed by atoms with Crippen LogP contribution in [0.3, 0.4) is 0 Å². The predicted octanol–water partition coefficient (Wildman–Crippen LogP) is 1.92. The van der Waals surface area contributed by atoms with Crippen LogP contribution in [0.15, 0.2) is 12.2 Å². The van der Waals surface area contributed by atoms with Crippen molar-refractivity contribution in [2.45, 2.75) is 20.3 Å². The fraction of sp³-hybridized carbons (Fsp3) is 0.714. The molecule has 0 spiro atoms. The Morgan fingerprint density at radius 1 is 1.44 bits per heavy atom. The molecule has 0 aliphatic heterocycles. The Bertz CT molecular complexity index is 79.0. The van der Waals surface area contributed by atoms with Gasteiger partial charge in [-0.15, -0.1) is 0 Å². The topological polar surface area (TPSA) is 18.5 Å². The van der Waals surface area contributed by atoms with Gasteiger partial charge in [-0.2, -0.15) is 0 Å². The van der Waals surface area contributed by atoms with E-state index in [1.165, 1.54) is 0 Å². The zero-order valence-electron chi connectivity index (χ0n) is 6.14. The minimum atomic E-state index is 0.500. The van der Waals surface area contributed by atoms with Gasteiger partial charge in [-0.1, -0.05) is 19.1 Å². The maximum Gasteiger partial charge on any atom is 0.103 e. The molecule has 0 fully saturated rings. The van der Waals surface area contributed by atoms with Crippen LogP contribution in [0.5, 0.6) is 0 Å². The fourth-order valence-electron chi connectivity index (χ4n) is 0.285. The Morgan fingerprint density at radius 2 is 2.11 bits per heavy atom. The molecule has 2 heteroatoms. The Morgan fingerprint density at radius 3 is 2.56 bits per heavy atom. The van der Waals surface area contributed by atoms with E-state index in [1.807, 2.05) is 13.8 Å². The lowest BCUT2D eigenvalue weighted by Gasteiger charge is -2.00. The lowest BCUT2D eigenvalue weighted by atomic mass is 10.4. The summed E-state index contributed by atoms with van der Waals surface area (Å²) in [5.41, 5.74) is 0.978. The second kappa shape index (κ2) is 5.79. The van der Waals surface area contributed by atoms with Gasteiger partial charge in [-0.3, -0.25) is 0 Å². The van der Waals surface area contributed by atoms with E-state index in [4.69, 9.17) is 9.78 Å². The Labute approximate surface area is 56.4 Å². The highest BCUT2D eigenvalue weighted by atomic mass is 17.2.